The zero-order valence-electron chi connectivity index (χ0n) is 12.4. The molecular formula is C15H10BrF3N4O2. The van der Waals surface area contributed by atoms with Gasteiger partial charge in [0.1, 0.15) is 5.69 Å². The molecule has 0 saturated carbocycles. The number of halogens is 4. The van der Waals surface area contributed by atoms with Gasteiger partial charge in [-0.05, 0) is 34.1 Å². The summed E-state index contributed by atoms with van der Waals surface area (Å²) in [6.07, 6.45) is 3.08. The van der Waals surface area contributed by atoms with Crippen LogP contribution in [0.1, 0.15) is 10.7 Å². The Morgan fingerprint density at radius 2 is 1.96 bits per heavy atom. The van der Waals surface area contributed by atoms with Crippen molar-refractivity contribution in [1.29, 1.82) is 0 Å². The maximum Gasteiger partial charge on any atom is 0.387 e. The number of benzene rings is 1. The lowest BCUT2D eigenvalue weighted by molar-refractivity contribution is -0.0521. The Balaban J connectivity index is 1.79. The van der Waals surface area contributed by atoms with Gasteiger partial charge in [0.25, 0.3) is 0 Å². The molecule has 0 aliphatic rings. The third-order valence-electron chi connectivity index (χ3n) is 3.00. The number of ether oxygens (including phenoxy) is 2. The van der Waals surface area contributed by atoms with Crippen molar-refractivity contribution in [3.05, 3.63) is 60.3 Å². The molecule has 10 heteroatoms. The lowest BCUT2D eigenvalue weighted by Gasteiger charge is -2.09. The predicted octanol–water partition coefficient (Wildman–Crippen LogP) is 3.88. The summed E-state index contributed by atoms with van der Waals surface area (Å²) in [5, 5.41) is 7.17. The summed E-state index contributed by atoms with van der Waals surface area (Å²) >= 11 is 3.31. The minimum atomic E-state index is -3.13. The molecular weight excluding hydrogens is 405 g/mol. The molecule has 3 aromatic rings. The van der Waals surface area contributed by atoms with Gasteiger partial charge in [0.15, 0.2) is 16.6 Å². The predicted molar refractivity (Wildman–Crippen MR) is 84.5 cm³/mol. The van der Waals surface area contributed by atoms with Crippen molar-refractivity contribution in [3.63, 3.8) is 0 Å². The molecule has 0 aliphatic carbocycles. The van der Waals surface area contributed by atoms with Gasteiger partial charge < -0.3 is 9.47 Å². The van der Waals surface area contributed by atoms with Gasteiger partial charge in [0, 0.05) is 18.3 Å². The van der Waals surface area contributed by atoms with Crippen LogP contribution in [0.3, 0.4) is 0 Å². The van der Waals surface area contributed by atoms with E-state index in [1.165, 1.54) is 16.9 Å². The quantitative estimate of drug-likeness (QED) is 0.572. The fourth-order valence-electron chi connectivity index (χ4n) is 1.91. The molecule has 0 N–H and O–H groups in total. The smallest absolute Gasteiger partial charge is 0.387 e. The Bertz CT molecular complexity index is 848. The molecule has 1 aromatic carbocycles. The Kier molecular flexibility index (Phi) is 5.17. The number of alkyl halides is 3. The molecule has 2 aromatic heterocycles. The molecule has 1 atom stereocenters. The topological polar surface area (TPSA) is 62.1 Å². The van der Waals surface area contributed by atoms with Crippen LogP contribution in [-0.4, -0.2) is 26.6 Å². The Hall–Kier alpha value is -2.62. The number of rotatable bonds is 6. The van der Waals surface area contributed by atoms with Crippen molar-refractivity contribution >= 4 is 15.9 Å². The van der Waals surface area contributed by atoms with E-state index in [4.69, 9.17) is 4.74 Å². The van der Waals surface area contributed by atoms with Gasteiger partial charge in [-0.1, -0.05) is 11.3 Å². The highest BCUT2D eigenvalue weighted by Crippen LogP contribution is 2.26. The number of pyridine rings is 1. The number of hydrogen-bond donors (Lipinski definition) is 0. The van der Waals surface area contributed by atoms with Crippen LogP contribution in [-0.2, 0) is 0 Å². The van der Waals surface area contributed by atoms with Gasteiger partial charge in [-0.3, -0.25) is 0 Å². The maximum atomic E-state index is 13.5. The normalized spacial score (nSPS) is 12.2. The van der Waals surface area contributed by atoms with Crippen LogP contribution in [0.5, 0.6) is 11.6 Å². The molecule has 1 unspecified atom stereocenters. The van der Waals surface area contributed by atoms with Crippen LogP contribution in [0.4, 0.5) is 13.2 Å². The Labute approximate surface area is 148 Å². The van der Waals surface area contributed by atoms with Crippen LogP contribution >= 0.6 is 15.9 Å². The second-order valence-electron chi connectivity index (χ2n) is 4.68. The summed E-state index contributed by atoms with van der Waals surface area (Å²) in [6, 6.07) is 8.65. The van der Waals surface area contributed by atoms with E-state index in [1.54, 1.807) is 24.4 Å². The molecule has 6 nitrogen and oxygen atoms in total. The lowest BCUT2D eigenvalue weighted by Crippen LogP contribution is -2.05. The number of aromatic nitrogens is 4. The molecule has 0 amide bonds. The molecule has 25 heavy (non-hydrogen) atoms. The van der Waals surface area contributed by atoms with Crippen molar-refractivity contribution in [2.24, 2.45) is 0 Å². The van der Waals surface area contributed by atoms with Gasteiger partial charge in [0.05, 0.1) is 11.9 Å². The SMILES string of the molecule is Fc1ccc(-n2cc(C(Br)Oc3ccccn3)nn2)cc1OC(F)F. The van der Waals surface area contributed by atoms with Crippen molar-refractivity contribution < 1.29 is 22.6 Å². The van der Waals surface area contributed by atoms with Crippen molar-refractivity contribution in [3.8, 4) is 17.3 Å². The molecule has 2 heterocycles. The zero-order valence-corrected chi connectivity index (χ0v) is 14.0. The maximum absolute atomic E-state index is 13.5. The van der Waals surface area contributed by atoms with Gasteiger partial charge in [-0.25, -0.2) is 14.1 Å². The third kappa shape index (κ3) is 4.27. The lowest BCUT2D eigenvalue weighted by atomic mass is 10.3. The Morgan fingerprint density at radius 3 is 2.68 bits per heavy atom. The fourth-order valence-corrected chi connectivity index (χ4v) is 2.31. The van der Waals surface area contributed by atoms with E-state index >= 15 is 0 Å². The van der Waals surface area contributed by atoms with E-state index in [0.717, 1.165) is 12.1 Å². The van der Waals surface area contributed by atoms with Gasteiger partial charge >= 0.3 is 6.61 Å². The first kappa shape index (κ1) is 17.2. The monoisotopic (exact) mass is 414 g/mol. The largest absolute Gasteiger partial charge is 0.456 e. The van der Waals surface area contributed by atoms with Crippen LogP contribution < -0.4 is 9.47 Å². The molecule has 0 aliphatic heterocycles. The average molecular weight is 415 g/mol. The summed E-state index contributed by atoms with van der Waals surface area (Å²) in [6.45, 7) is -3.13. The average Bonchev–Trinajstić information content (AvgIpc) is 3.07. The molecule has 0 fully saturated rings. The molecule has 130 valence electrons. The molecule has 0 bridgehead atoms. The highest BCUT2D eigenvalue weighted by molar-refractivity contribution is 9.09. The second kappa shape index (κ2) is 7.51. The molecule has 0 spiro atoms. The second-order valence-corrected chi connectivity index (χ2v) is 5.51. The first-order valence-corrected chi connectivity index (χ1v) is 7.83. The fraction of sp³-hybridized carbons (Fsp3) is 0.133. The van der Waals surface area contributed by atoms with E-state index in [-0.39, 0.29) is 0 Å². The Morgan fingerprint density at radius 1 is 1.12 bits per heavy atom. The third-order valence-corrected chi connectivity index (χ3v) is 3.66. The number of hydrogen-bond acceptors (Lipinski definition) is 5. The van der Waals surface area contributed by atoms with Gasteiger partial charge in [-0.2, -0.15) is 8.78 Å². The van der Waals surface area contributed by atoms with E-state index < -0.39 is 23.2 Å². The van der Waals surface area contributed by atoms with Crippen LogP contribution in [0.25, 0.3) is 5.69 Å². The van der Waals surface area contributed by atoms with Crippen LogP contribution in [0, 0.1) is 5.82 Å². The van der Waals surface area contributed by atoms with Crippen molar-refractivity contribution in [2.75, 3.05) is 0 Å². The molecule has 3 rings (SSSR count). The highest BCUT2D eigenvalue weighted by atomic mass is 79.9. The highest BCUT2D eigenvalue weighted by Gasteiger charge is 2.16. The van der Waals surface area contributed by atoms with E-state index in [2.05, 4.69) is 36.0 Å². The van der Waals surface area contributed by atoms with Crippen LogP contribution in [0.2, 0.25) is 0 Å². The summed E-state index contributed by atoms with van der Waals surface area (Å²) < 4.78 is 49.0. The summed E-state index contributed by atoms with van der Waals surface area (Å²) in [7, 11) is 0. The first-order chi connectivity index (χ1) is 12.0. The summed E-state index contributed by atoms with van der Waals surface area (Å²) in [4.78, 5) is 4.02. The van der Waals surface area contributed by atoms with Crippen molar-refractivity contribution in [1.82, 2.24) is 20.0 Å². The summed E-state index contributed by atoms with van der Waals surface area (Å²) in [5.74, 6) is -1.10. The summed E-state index contributed by atoms with van der Waals surface area (Å²) in [5.41, 5.74) is 0.708. The number of nitrogens with zero attached hydrogens (tertiary/aromatic N) is 4. The van der Waals surface area contributed by atoms with E-state index in [9.17, 15) is 13.2 Å². The minimum absolute atomic E-state index is 0.299. The van der Waals surface area contributed by atoms with Crippen LogP contribution in [0.15, 0.2) is 48.8 Å². The molecule has 0 radical (unpaired) electrons. The van der Waals surface area contributed by atoms with E-state index in [0.29, 0.717) is 17.3 Å². The first-order valence-electron chi connectivity index (χ1n) is 6.91. The standard InChI is InChI=1S/C15H10BrF3N4O2/c16-14(25-13-3-1-2-6-20-13)11-8-23(22-21-11)9-4-5-10(17)12(7-9)24-15(18)19/h1-8,14-15H. The van der Waals surface area contributed by atoms with Gasteiger partial charge in [-0.15, -0.1) is 5.10 Å². The zero-order chi connectivity index (χ0) is 17.8. The van der Waals surface area contributed by atoms with E-state index in [1.807, 2.05) is 0 Å². The molecule has 0 saturated heterocycles. The van der Waals surface area contributed by atoms with Crippen molar-refractivity contribution in [2.45, 2.75) is 11.6 Å². The minimum Gasteiger partial charge on any atom is -0.456 e. The van der Waals surface area contributed by atoms with Gasteiger partial charge in [0.2, 0.25) is 5.88 Å².